The van der Waals surface area contributed by atoms with Crippen LogP contribution in [0, 0.1) is 0 Å². The molecule has 0 aromatic carbocycles. The van der Waals surface area contributed by atoms with Gasteiger partial charge in [0.25, 0.3) is 0 Å². The van der Waals surface area contributed by atoms with Gasteiger partial charge in [-0.3, -0.25) is 0 Å². The first-order valence-electron chi connectivity index (χ1n) is 5.40. The SMILES string of the molecule is O=C(NC1CCOC1)OCCCCCBr. The standard InChI is InChI=1S/C10H18BrNO3/c11-5-2-1-3-6-15-10(13)12-9-4-7-14-8-9/h9H,1-8H2,(H,12,13). The number of alkyl halides is 1. The van der Waals surface area contributed by atoms with Crippen LogP contribution in [0.1, 0.15) is 25.7 Å². The Morgan fingerprint density at radius 3 is 3.00 bits per heavy atom. The van der Waals surface area contributed by atoms with Crippen LogP contribution in [0.15, 0.2) is 0 Å². The second kappa shape index (κ2) is 7.93. The quantitative estimate of drug-likeness (QED) is 0.598. The van der Waals surface area contributed by atoms with Crippen molar-refractivity contribution in [2.45, 2.75) is 31.7 Å². The molecule has 1 aliphatic heterocycles. The number of rotatable bonds is 6. The van der Waals surface area contributed by atoms with Gasteiger partial charge in [-0.25, -0.2) is 4.79 Å². The minimum absolute atomic E-state index is 0.139. The van der Waals surface area contributed by atoms with Gasteiger partial charge in [-0.05, 0) is 25.7 Å². The molecule has 0 radical (unpaired) electrons. The van der Waals surface area contributed by atoms with E-state index in [9.17, 15) is 4.79 Å². The number of ether oxygens (including phenoxy) is 2. The van der Waals surface area contributed by atoms with Gasteiger partial charge in [0.1, 0.15) is 0 Å². The predicted molar refractivity (Wildman–Crippen MR) is 61.4 cm³/mol. The molecule has 1 saturated heterocycles. The number of amides is 1. The molecule has 15 heavy (non-hydrogen) atoms. The number of hydrogen-bond donors (Lipinski definition) is 1. The van der Waals surface area contributed by atoms with Crippen molar-refractivity contribution in [3.05, 3.63) is 0 Å². The maximum absolute atomic E-state index is 11.2. The minimum atomic E-state index is -0.315. The highest BCUT2D eigenvalue weighted by atomic mass is 79.9. The van der Waals surface area contributed by atoms with E-state index < -0.39 is 0 Å². The number of carbonyl (C=O) groups excluding carboxylic acids is 1. The highest BCUT2D eigenvalue weighted by Crippen LogP contribution is 2.04. The van der Waals surface area contributed by atoms with E-state index in [1.807, 2.05) is 0 Å². The van der Waals surface area contributed by atoms with E-state index in [2.05, 4.69) is 21.2 Å². The Kier molecular flexibility index (Phi) is 6.76. The number of unbranched alkanes of at least 4 members (excludes halogenated alkanes) is 2. The molecule has 5 heteroatoms. The summed E-state index contributed by atoms with van der Waals surface area (Å²) in [4.78, 5) is 11.2. The molecule has 0 spiro atoms. The average molecular weight is 280 g/mol. The average Bonchev–Trinajstić information content (AvgIpc) is 2.70. The number of hydrogen-bond acceptors (Lipinski definition) is 3. The van der Waals surface area contributed by atoms with Gasteiger partial charge in [0, 0.05) is 11.9 Å². The van der Waals surface area contributed by atoms with E-state index >= 15 is 0 Å². The lowest BCUT2D eigenvalue weighted by Crippen LogP contribution is -2.35. The first kappa shape index (κ1) is 12.8. The van der Waals surface area contributed by atoms with Gasteiger partial charge in [-0.1, -0.05) is 15.9 Å². The minimum Gasteiger partial charge on any atom is -0.450 e. The third-order valence-corrected chi connectivity index (χ3v) is 2.82. The van der Waals surface area contributed by atoms with Crippen molar-refractivity contribution in [1.29, 1.82) is 0 Å². The largest absolute Gasteiger partial charge is 0.450 e. The summed E-state index contributed by atoms with van der Waals surface area (Å²) in [6.07, 6.45) is 3.72. The lowest BCUT2D eigenvalue weighted by atomic mass is 10.3. The number of halogens is 1. The zero-order chi connectivity index (χ0) is 10.9. The molecule has 0 bridgehead atoms. The maximum Gasteiger partial charge on any atom is 0.407 e. The molecule has 88 valence electrons. The normalized spacial score (nSPS) is 20.2. The highest BCUT2D eigenvalue weighted by molar-refractivity contribution is 9.09. The zero-order valence-electron chi connectivity index (χ0n) is 8.84. The van der Waals surface area contributed by atoms with Crippen LogP contribution >= 0.6 is 15.9 Å². The second-order valence-corrected chi connectivity index (χ2v) is 4.38. The molecule has 1 fully saturated rings. The van der Waals surface area contributed by atoms with Gasteiger partial charge >= 0.3 is 6.09 Å². The number of carbonyl (C=O) groups is 1. The van der Waals surface area contributed by atoms with Crippen LogP contribution in [0.5, 0.6) is 0 Å². The van der Waals surface area contributed by atoms with E-state index in [0.717, 1.165) is 37.6 Å². The number of nitrogens with one attached hydrogen (secondary N) is 1. The molecule has 1 rings (SSSR count). The molecule has 1 aliphatic rings. The Morgan fingerprint density at radius 2 is 2.33 bits per heavy atom. The topological polar surface area (TPSA) is 47.6 Å². The van der Waals surface area contributed by atoms with Gasteiger partial charge in [0.05, 0.1) is 19.3 Å². The Balaban J connectivity index is 1.93. The fourth-order valence-corrected chi connectivity index (χ4v) is 1.79. The molecular weight excluding hydrogens is 262 g/mol. The molecule has 4 nitrogen and oxygen atoms in total. The molecule has 1 atom stereocenters. The van der Waals surface area contributed by atoms with Gasteiger partial charge in [-0.2, -0.15) is 0 Å². The number of alkyl carbamates (subject to hydrolysis) is 1. The Hall–Kier alpha value is -0.290. The van der Waals surface area contributed by atoms with E-state index in [1.165, 1.54) is 0 Å². The fraction of sp³-hybridized carbons (Fsp3) is 0.900. The fourth-order valence-electron chi connectivity index (χ4n) is 1.39. The second-order valence-electron chi connectivity index (χ2n) is 3.59. The van der Waals surface area contributed by atoms with E-state index in [0.29, 0.717) is 13.2 Å². The molecule has 0 aliphatic carbocycles. The van der Waals surface area contributed by atoms with Crippen molar-refractivity contribution < 1.29 is 14.3 Å². The maximum atomic E-state index is 11.2. The Bertz CT molecular complexity index is 184. The highest BCUT2D eigenvalue weighted by Gasteiger charge is 2.17. The van der Waals surface area contributed by atoms with Crippen LogP contribution < -0.4 is 5.32 Å². The van der Waals surface area contributed by atoms with Crippen molar-refractivity contribution in [3.63, 3.8) is 0 Å². The van der Waals surface area contributed by atoms with Crippen LogP contribution in [0.3, 0.4) is 0 Å². The summed E-state index contributed by atoms with van der Waals surface area (Å²) in [6, 6.07) is 0.139. The first-order valence-corrected chi connectivity index (χ1v) is 6.52. The molecular formula is C10H18BrNO3. The van der Waals surface area contributed by atoms with Gasteiger partial charge in [-0.15, -0.1) is 0 Å². The van der Waals surface area contributed by atoms with Crippen molar-refractivity contribution >= 4 is 22.0 Å². The molecule has 0 saturated carbocycles. The Morgan fingerprint density at radius 1 is 1.47 bits per heavy atom. The van der Waals surface area contributed by atoms with Gasteiger partial charge in [0.15, 0.2) is 0 Å². The van der Waals surface area contributed by atoms with Crippen LogP contribution in [0.25, 0.3) is 0 Å². The summed E-state index contributed by atoms with van der Waals surface area (Å²) in [6.45, 7) is 1.85. The molecule has 1 unspecified atom stereocenters. The van der Waals surface area contributed by atoms with Gasteiger partial charge < -0.3 is 14.8 Å². The zero-order valence-corrected chi connectivity index (χ0v) is 10.4. The predicted octanol–water partition coefficient (Wildman–Crippen LogP) is 2.07. The van der Waals surface area contributed by atoms with Crippen molar-refractivity contribution in [2.75, 3.05) is 25.2 Å². The molecule has 1 N–H and O–H groups in total. The lowest BCUT2D eigenvalue weighted by Gasteiger charge is -2.10. The van der Waals surface area contributed by atoms with E-state index in [1.54, 1.807) is 0 Å². The van der Waals surface area contributed by atoms with Crippen molar-refractivity contribution in [2.24, 2.45) is 0 Å². The summed E-state index contributed by atoms with van der Waals surface area (Å²) in [5.41, 5.74) is 0. The summed E-state index contributed by atoms with van der Waals surface area (Å²) >= 11 is 3.35. The monoisotopic (exact) mass is 279 g/mol. The van der Waals surface area contributed by atoms with Crippen LogP contribution in [0.2, 0.25) is 0 Å². The first-order chi connectivity index (χ1) is 7.33. The van der Waals surface area contributed by atoms with Crippen molar-refractivity contribution in [1.82, 2.24) is 5.32 Å². The van der Waals surface area contributed by atoms with E-state index in [4.69, 9.17) is 9.47 Å². The van der Waals surface area contributed by atoms with Crippen LogP contribution in [-0.4, -0.2) is 37.3 Å². The summed E-state index contributed by atoms with van der Waals surface area (Å²) in [5.74, 6) is 0. The summed E-state index contributed by atoms with van der Waals surface area (Å²) in [7, 11) is 0. The molecule has 1 heterocycles. The molecule has 0 aromatic heterocycles. The third kappa shape index (κ3) is 5.99. The Labute approximate surface area is 98.8 Å². The third-order valence-electron chi connectivity index (χ3n) is 2.26. The van der Waals surface area contributed by atoms with E-state index in [-0.39, 0.29) is 12.1 Å². The molecule has 0 aromatic rings. The smallest absolute Gasteiger partial charge is 0.407 e. The lowest BCUT2D eigenvalue weighted by molar-refractivity contribution is 0.136. The van der Waals surface area contributed by atoms with Gasteiger partial charge in [0.2, 0.25) is 0 Å². The van der Waals surface area contributed by atoms with Crippen molar-refractivity contribution in [3.8, 4) is 0 Å². The van der Waals surface area contributed by atoms with Crippen LogP contribution in [0.4, 0.5) is 4.79 Å². The summed E-state index contributed by atoms with van der Waals surface area (Å²) < 4.78 is 10.2. The molecule has 1 amide bonds. The van der Waals surface area contributed by atoms with Crippen LogP contribution in [-0.2, 0) is 9.47 Å². The summed E-state index contributed by atoms with van der Waals surface area (Å²) in [5, 5.41) is 3.79.